The largest absolute Gasteiger partial charge is 0.336 e. The number of hydrogen-bond acceptors (Lipinski definition) is 4. The lowest BCUT2D eigenvalue weighted by molar-refractivity contribution is 0.0758. The number of amides is 1. The maximum absolute atomic E-state index is 12.8. The van der Waals surface area contributed by atoms with Crippen molar-refractivity contribution in [2.75, 3.05) is 13.1 Å². The van der Waals surface area contributed by atoms with Crippen molar-refractivity contribution in [3.63, 3.8) is 0 Å². The van der Waals surface area contributed by atoms with Gasteiger partial charge in [0, 0.05) is 39.3 Å². The molecule has 0 bridgehead atoms. The maximum Gasteiger partial charge on any atom is 0.261 e. The van der Waals surface area contributed by atoms with Gasteiger partial charge >= 0.3 is 0 Å². The molecule has 0 saturated carbocycles. The van der Waals surface area contributed by atoms with Crippen LogP contribution < -0.4 is 5.56 Å². The third-order valence-corrected chi connectivity index (χ3v) is 4.67. The predicted molar refractivity (Wildman–Crippen MR) is 93.6 cm³/mol. The molecule has 1 aromatic carbocycles. The van der Waals surface area contributed by atoms with Gasteiger partial charge < -0.3 is 4.90 Å². The van der Waals surface area contributed by atoms with Crippen molar-refractivity contribution in [1.82, 2.24) is 24.2 Å². The maximum atomic E-state index is 12.8. The van der Waals surface area contributed by atoms with Crippen molar-refractivity contribution < 1.29 is 4.79 Å². The second-order valence-corrected chi connectivity index (χ2v) is 6.35. The molecule has 0 spiro atoms. The molecule has 7 nitrogen and oxygen atoms in total. The van der Waals surface area contributed by atoms with Crippen LogP contribution in [0.3, 0.4) is 0 Å². The lowest BCUT2D eigenvalue weighted by Crippen LogP contribution is -2.34. The van der Waals surface area contributed by atoms with E-state index in [4.69, 9.17) is 0 Å². The molecule has 0 fully saturated rings. The Balaban J connectivity index is 1.67. The molecule has 0 unspecified atom stereocenters. The normalized spacial score (nSPS) is 14.4. The Morgan fingerprint density at radius 3 is 2.72 bits per heavy atom. The third-order valence-electron chi connectivity index (χ3n) is 4.67. The van der Waals surface area contributed by atoms with Gasteiger partial charge in [-0.05, 0) is 19.1 Å². The van der Waals surface area contributed by atoms with Crippen LogP contribution in [0.1, 0.15) is 21.9 Å². The van der Waals surface area contributed by atoms with Crippen LogP contribution in [0.5, 0.6) is 0 Å². The quantitative estimate of drug-likeness (QED) is 0.667. The SMILES string of the molecule is Cc1nn(C)cc1C(=O)N1CCc2nc3ccccc3c(=O)n2CC1. The number of nitrogens with zero attached hydrogens (tertiary/aromatic N) is 5. The molecule has 0 saturated heterocycles. The van der Waals surface area contributed by atoms with Crippen molar-refractivity contribution in [2.24, 2.45) is 7.05 Å². The minimum atomic E-state index is -0.0454. The Labute approximate surface area is 144 Å². The van der Waals surface area contributed by atoms with Gasteiger partial charge in [-0.15, -0.1) is 0 Å². The zero-order valence-electron chi connectivity index (χ0n) is 14.3. The summed E-state index contributed by atoms with van der Waals surface area (Å²) in [5.41, 5.74) is 2.00. The standard InChI is InChI=1S/C18H19N5O2/c1-12-14(11-21(2)20-12)17(24)22-8-7-16-19-15-6-4-3-5-13(15)18(25)23(16)10-9-22/h3-6,11H,7-10H2,1-2H3. The summed E-state index contributed by atoms with van der Waals surface area (Å²) in [6.07, 6.45) is 2.31. The first-order valence-electron chi connectivity index (χ1n) is 8.32. The molecule has 128 valence electrons. The average Bonchev–Trinajstić information content (AvgIpc) is 2.81. The van der Waals surface area contributed by atoms with Gasteiger partial charge in [-0.25, -0.2) is 4.98 Å². The lowest BCUT2D eigenvalue weighted by atomic mass is 10.2. The number of aromatic nitrogens is 4. The van der Waals surface area contributed by atoms with Crippen LogP contribution in [-0.2, 0) is 20.0 Å². The molecule has 3 heterocycles. The summed E-state index contributed by atoms with van der Waals surface area (Å²) in [5.74, 6) is 0.693. The second kappa shape index (κ2) is 5.84. The molecule has 0 radical (unpaired) electrons. The average molecular weight is 337 g/mol. The van der Waals surface area contributed by atoms with Gasteiger partial charge in [0.15, 0.2) is 0 Å². The molecule has 0 aliphatic carbocycles. The minimum Gasteiger partial charge on any atom is -0.336 e. The highest BCUT2D eigenvalue weighted by Gasteiger charge is 2.24. The van der Waals surface area contributed by atoms with E-state index >= 15 is 0 Å². The van der Waals surface area contributed by atoms with Crippen molar-refractivity contribution in [3.05, 3.63) is 57.9 Å². The van der Waals surface area contributed by atoms with Gasteiger partial charge in [0.2, 0.25) is 0 Å². The number of fused-ring (bicyclic) bond motifs is 2. The number of carbonyl (C=O) groups excluding carboxylic acids is 1. The molecule has 25 heavy (non-hydrogen) atoms. The summed E-state index contributed by atoms with van der Waals surface area (Å²) in [5, 5.41) is 4.86. The smallest absolute Gasteiger partial charge is 0.261 e. The summed E-state index contributed by atoms with van der Waals surface area (Å²) >= 11 is 0. The van der Waals surface area contributed by atoms with E-state index in [2.05, 4.69) is 10.1 Å². The van der Waals surface area contributed by atoms with E-state index in [0.717, 1.165) is 11.5 Å². The summed E-state index contributed by atoms with van der Waals surface area (Å²) in [4.78, 5) is 32.0. The van der Waals surface area contributed by atoms with Crippen LogP contribution in [0.15, 0.2) is 35.3 Å². The van der Waals surface area contributed by atoms with Crippen molar-refractivity contribution in [2.45, 2.75) is 19.9 Å². The first-order valence-corrected chi connectivity index (χ1v) is 8.32. The van der Waals surface area contributed by atoms with Gasteiger partial charge in [0.05, 0.1) is 22.2 Å². The zero-order valence-corrected chi connectivity index (χ0v) is 14.3. The Bertz CT molecular complexity index is 1030. The van der Waals surface area contributed by atoms with Crippen LogP contribution in [0.4, 0.5) is 0 Å². The van der Waals surface area contributed by atoms with Gasteiger partial charge in [-0.2, -0.15) is 5.10 Å². The number of benzene rings is 1. The molecule has 2 aromatic heterocycles. The summed E-state index contributed by atoms with van der Waals surface area (Å²) in [7, 11) is 1.80. The molecule has 1 amide bonds. The molecule has 1 aliphatic rings. The Hall–Kier alpha value is -2.96. The fourth-order valence-corrected chi connectivity index (χ4v) is 3.39. The summed E-state index contributed by atoms with van der Waals surface area (Å²) < 4.78 is 3.35. The highest BCUT2D eigenvalue weighted by atomic mass is 16.2. The summed E-state index contributed by atoms with van der Waals surface area (Å²) in [6, 6.07) is 7.37. The molecular weight excluding hydrogens is 318 g/mol. The molecule has 7 heteroatoms. The number of para-hydroxylation sites is 1. The summed E-state index contributed by atoms with van der Waals surface area (Å²) in [6.45, 7) is 3.31. The molecule has 0 N–H and O–H groups in total. The number of carbonyl (C=O) groups is 1. The molecule has 1 aliphatic heterocycles. The van der Waals surface area contributed by atoms with Gasteiger partial charge in [-0.1, -0.05) is 12.1 Å². The van der Waals surface area contributed by atoms with Gasteiger partial charge in [-0.3, -0.25) is 18.8 Å². The highest BCUT2D eigenvalue weighted by molar-refractivity contribution is 5.95. The van der Waals surface area contributed by atoms with E-state index in [1.54, 1.807) is 33.5 Å². The monoisotopic (exact) mass is 337 g/mol. The van der Waals surface area contributed by atoms with Crippen molar-refractivity contribution in [3.8, 4) is 0 Å². The van der Waals surface area contributed by atoms with Crippen LogP contribution in [-0.4, -0.2) is 43.2 Å². The van der Waals surface area contributed by atoms with Crippen LogP contribution in [0.25, 0.3) is 10.9 Å². The van der Waals surface area contributed by atoms with Crippen molar-refractivity contribution >= 4 is 16.8 Å². The van der Waals surface area contributed by atoms with Crippen molar-refractivity contribution in [1.29, 1.82) is 0 Å². The Morgan fingerprint density at radius 1 is 1.16 bits per heavy atom. The fourth-order valence-electron chi connectivity index (χ4n) is 3.39. The van der Waals surface area contributed by atoms with E-state index in [1.807, 2.05) is 25.1 Å². The number of aryl methyl sites for hydroxylation is 2. The molecule has 4 rings (SSSR count). The Morgan fingerprint density at radius 2 is 1.96 bits per heavy atom. The predicted octanol–water partition coefficient (Wildman–Crippen LogP) is 1.14. The molecule has 3 aromatic rings. The minimum absolute atomic E-state index is 0.0348. The second-order valence-electron chi connectivity index (χ2n) is 6.35. The third kappa shape index (κ3) is 2.61. The van der Waals surface area contributed by atoms with Gasteiger partial charge in [0.25, 0.3) is 11.5 Å². The van der Waals surface area contributed by atoms with E-state index in [9.17, 15) is 9.59 Å². The van der Waals surface area contributed by atoms with Crippen LogP contribution in [0.2, 0.25) is 0 Å². The van der Waals surface area contributed by atoms with Crippen LogP contribution in [0, 0.1) is 6.92 Å². The molecule has 0 atom stereocenters. The van der Waals surface area contributed by atoms with Gasteiger partial charge in [0.1, 0.15) is 5.82 Å². The number of rotatable bonds is 1. The fraction of sp³-hybridized carbons (Fsp3) is 0.333. The Kier molecular flexibility index (Phi) is 3.63. The van der Waals surface area contributed by atoms with E-state index in [0.29, 0.717) is 42.5 Å². The molecular formula is C18H19N5O2. The van der Waals surface area contributed by atoms with E-state index < -0.39 is 0 Å². The lowest BCUT2D eigenvalue weighted by Gasteiger charge is -2.19. The van der Waals surface area contributed by atoms with E-state index in [1.165, 1.54) is 0 Å². The van der Waals surface area contributed by atoms with Crippen LogP contribution >= 0.6 is 0 Å². The topological polar surface area (TPSA) is 73.0 Å². The first kappa shape index (κ1) is 15.6. The number of hydrogen-bond donors (Lipinski definition) is 0. The van der Waals surface area contributed by atoms with E-state index in [-0.39, 0.29) is 11.5 Å². The highest BCUT2D eigenvalue weighted by Crippen LogP contribution is 2.14. The first-order chi connectivity index (χ1) is 12.0. The zero-order chi connectivity index (χ0) is 17.6.